The van der Waals surface area contributed by atoms with Gasteiger partial charge in [0.1, 0.15) is 0 Å². The Kier molecular flexibility index (Phi) is 5.16. The molecule has 0 aromatic carbocycles. The maximum Gasteiger partial charge on any atom is 0.246 e. The maximum atomic E-state index is 12.2. The monoisotopic (exact) mass is 279 g/mol. The second-order valence-electron chi connectivity index (χ2n) is 4.98. The zero-order valence-corrected chi connectivity index (χ0v) is 12.2. The first-order valence-electron chi connectivity index (χ1n) is 6.86. The van der Waals surface area contributed by atoms with Gasteiger partial charge in [-0.15, -0.1) is 11.3 Å². The van der Waals surface area contributed by atoms with E-state index in [1.54, 1.807) is 17.4 Å². The summed E-state index contributed by atoms with van der Waals surface area (Å²) in [6.45, 7) is 3.13. The molecule has 0 saturated carbocycles. The Morgan fingerprint density at radius 1 is 1.58 bits per heavy atom. The van der Waals surface area contributed by atoms with E-state index < -0.39 is 0 Å². The number of aliphatic hydroxyl groups excluding tert-OH is 1. The number of aryl methyl sites for hydroxylation is 1. The van der Waals surface area contributed by atoms with E-state index in [1.807, 2.05) is 17.0 Å². The third kappa shape index (κ3) is 3.91. The number of hydrogen-bond donors (Lipinski definition) is 1. The van der Waals surface area contributed by atoms with E-state index in [9.17, 15) is 4.79 Å². The maximum absolute atomic E-state index is 12.2. The molecule has 104 valence electrons. The summed E-state index contributed by atoms with van der Waals surface area (Å²) in [5.41, 5.74) is 0. The summed E-state index contributed by atoms with van der Waals surface area (Å²) in [6, 6.07) is 4.42. The molecule has 1 aliphatic heterocycles. The van der Waals surface area contributed by atoms with Crippen LogP contribution in [0.15, 0.2) is 18.2 Å². The van der Waals surface area contributed by atoms with Gasteiger partial charge >= 0.3 is 0 Å². The third-order valence-electron chi connectivity index (χ3n) is 3.51. The number of aliphatic hydroxyl groups is 1. The molecule has 1 N–H and O–H groups in total. The lowest BCUT2D eigenvalue weighted by Crippen LogP contribution is -2.34. The Bertz CT molecular complexity index is 453. The van der Waals surface area contributed by atoms with Crippen LogP contribution in [0.2, 0.25) is 0 Å². The topological polar surface area (TPSA) is 40.5 Å². The number of amides is 1. The van der Waals surface area contributed by atoms with Crippen molar-refractivity contribution in [2.24, 2.45) is 0 Å². The van der Waals surface area contributed by atoms with Gasteiger partial charge in [0.15, 0.2) is 0 Å². The molecule has 1 aliphatic rings. The van der Waals surface area contributed by atoms with Crippen LogP contribution in [0.3, 0.4) is 0 Å². The number of thiophene rings is 1. The molecule has 3 nitrogen and oxygen atoms in total. The lowest BCUT2D eigenvalue weighted by Gasteiger charge is -2.23. The molecule has 1 aromatic heterocycles. The van der Waals surface area contributed by atoms with Gasteiger partial charge in [0.25, 0.3) is 0 Å². The van der Waals surface area contributed by atoms with Crippen LogP contribution in [0, 0.1) is 6.92 Å². The summed E-state index contributed by atoms with van der Waals surface area (Å²) < 4.78 is 0. The Labute approximate surface area is 118 Å². The zero-order valence-electron chi connectivity index (χ0n) is 11.3. The van der Waals surface area contributed by atoms with Gasteiger partial charge in [-0.05, 0) is 50.8 Å². The summed E-state index contributed by atoms with van der Waals surface area (Å²) in [6.07, 6.45) is 7.42. The molecule has 1 amide bonds. The fourth-order valence-electron chi connectivity index (χ4n) is 2.55. The number of nitrogens with zero attached hydrogens (tertiary/aromatic N) is 1. The number of rotatable bonds is 5. The SMILES string of the molecule is Cc1ccc(C=CC(=O)N2CCCC2CCCO)s1. The Hall–Kier alpha value is -1.13. The van der Waals surface area contributed by atoms with Crippen molar-refractivity contribution in [3.05, 3.63) is 28.0 Å². The zero-order chi connectivity index (χ0) is 13.7. The largest absolute Gasteiger partial charge is 0.396 e. The summed E-state index contributed by atoms with van der Waals surface area (Å²) in [4.78, 5) is 16.5. The van der Waals surface area contributed by atoms with Crippen LogP contribution in [-0.4, -0.2) is 35.1 Å². The number of carbonyl (C=O) groups excluding carboxylic acids is 1. The number of carbonyl (C=O) groups is 1. The van der Waals surface area contributed by atoms with E-state index in [1.165, 1.54) is 4.88 Å². The van der Waals surface area contributed by atoms with E-state index in [4.69, 9.17) is 5.11 Å². The normalized spacial score (nSPS) is 19.5. The number of likely N-dealkylation sites (tertiary alicyclic amines) is 1. The van der Waals surface area contributed by atoms with Crippen LogP contribution in [0.1, 0.15) is 35.4 Å². The molecule has 0 spiro atoms. The second kappa shape index (κ2) is 6.87. The van der Waals surface area contributed by atoms with E-state index in [2.05, 4.69) is 13.0 Å². The van der Waals surface area contributed by atoms with Gasteiger partial charge in [0.05, 0.1) is 0 Å². The molecule has 0 radical (unpaired) electrons. The lowest BCUT2D eigenvalue weighted by molar-refractivity contribution is -0.126. The van der Waals surface area contributed by atoms with Gasteiger partial charge in [-0.3, -0.25) is 4.79 Å². The summed E-state index contributed by atoms with van der Waals surface area (Å²) in [7, 11) is 0. The molecular weight excluding hydrogens is 258 g/mol. The molecule has 19 heavy (non-hydrogen) atoms. The molecule has 2 rings (SSSR count). The van der Waals surface area contributed by atoms with E-state index in [-0.39, 0.29) is 12.5 Å². The molecule has 2 heterocycles. The molecule has 1 aromatic rings. The first kappa shape index (κ1) is 14.3. The van der Waals surface area contributed by atoms with E-state index in [0.29, 0.717) is 6.04 Å². The van der Waals surface area contributed by atoms with Crippen molar-refractivity contribution in [3.63, 3.8) is 0 Å². The van der Waals surface area contributed by atoms with Crippen molar-refractivity contribution in [3.8, 4) is 0 Å². The highest BCUT2D eigenvalue weighted by Gasteiger charge is 2.26. The third-order valence-corrected chi connectivity index (χ3v) is 4.47. The van der Waals surface area contributed by atoms with Crippen LogP contribution < -0.4 is 0 Å². The van der Waals surface area contributed by atoms with Gasteiger partial charge in [-0.1, -0.05) is 0 Å². The van der Waals surface area contributed by atoms with Crippen LogP contribution in [0.4, 0.5) is 0 Å². The first-order valence-corrected chi connectivity index (χ1v) is 7.68. The smallest absolute Gasteiger partial charge is 0.246 e. The van der Waals surface area contributed by atoms with Crippen molar-refractivity contribution in [1.29, 1.82) is 0 Å². The Morgan fingerprint density at radius 3 is 3.11 bits per heavy atom. The highest BCUT2D eigenvalue weighted by Crippen LogP contribution is 2.22. The molecule has 0 bridgehead atoms. The van der Waals surface area contributed by atoms with E-state index in [0.717, 1.165) is 37.1 Å². The van der Waals surface area contributed by atoms with Crippen molar-refractivity contribution in [1.82, 2.24) is 4.90 Å². The van der Waals surface area contributed by atoms with Crippen molar-refractivity contribution in [2.75, 3.05) is 13.2 Å². The van der Waals surface area contributed by atoms with Crippen LogP contribution in [-0.2, 0) is 4.79 Å². The Morgan fingerprint density at radius 2 is 2.42 bits per heavy atom. The van der Waals surface area contributed by atoms with Gasteiger partial charge in [-0.2, -0.15) is 0 Å². The second-order valence-corrected chi connectivity index (χ2v) is 6.29. The quantitative estimate of drug-likeness (QED) is 0.842. The molecule has 1 fully saturated rings. The molecule has 1 unspecified atom stereocenters. The van der Waals surface area contributed by atoms with Crippen LogP contribution >= 0.6 is 11.3 Å². The number of hydrogen-bond acceptors (Lipinski definition) is 3. The van der Waals surface area contributed by atoms with Gasteiger partial charge in [0.2, 0.25) is 5.91 Å². The molecular formula is C15H21NO2S. The van der Waals surface area contributed by atoms with Crippen molar-refractivity contribution in [2.45, 2.75) is 38.6 Å². The van der Waals surface area contributed by atoms with Crippen molar-refractivity contribution < 1.29 is 9.90 Å². The van der Waals surface area contributed by atoms with Crippen LogP contribution in [0.25, 0.3) is 6.08 Å². The minimum atomic E-state index is 0.103. The molecule has 0 aliphatic carbocycles. The Balaban J connectivity index is 1.93. The van der Waals surface area contributed by atoms with Crippen molar-refractivity contribution >= 4 is 23.3 Å². The lowest BCUT2D eigenvalue weighted by atomic mass is 10.1. The van der Waals surface area contributed by atoms with Crippen LogP contribution in [0.5, 0.6) is 0 Å². The highest BCUT2D eigenvalue weighted by molar-refractivity contribution is 7.12. The predicted molar refractivity (Wildman–Crippen MR) is 79.1 cm³/mol. The predicted octanol–water partition coefficient (Wildman–Crippen LogP) is 2.83. The summed E-state index contributed by atoms with van der Waals surface area (Å²) in [5.74, 6) is 0.103. The average molecular weight is 279 g/mol. The van der Waals surface area contributed by atoms with Gasteiger partial charge in [-0.25, -0.2) is 0 Å². The molecule has 1 atom stereocenters. The summed E-state index contributed by atoms with van der Waals surface area (Å²) >= 11 is 1.70. The standard InChI is InChI=1S/C15H21NO2S/c1-12-6-7-14(19-12)8-9-15(18)16-10-2-4-13(16)5-3-11-17/h6-9,13,17H,2-5,10-11H2,1H3. The fourth-order valence-corrected chi connectivity index (χ4v) is 3.33. The molecule has 4 heteroatoms. The first-order chi connectivity index (χ1) is 9.20. The average Bonchev–Trinajstić information content (AvgIpc) is 3.02. The minimum Gasteiger partial charge on any atom is -0.396 e. The minimum absolute atomic E-state index is 0.103. The highest BCUT2D eigenvalue weighted by atomic mass is 32.1. The van der Waals surface area contributed by atoms with Gasteiger partial charge in [0, 0.05) is 35.0 Å². The summed E-state index contributed by atoms with van der Waals surface area (Å²) in [5, 5.41) is 8.89. The van der Waals surface area contributed by atoms with Gasteiger partial charge < -0.3 is 10.0 Å². The molecule has 1 saturated heterocycles. The fraction of sp³-hybridized carbons (Fsp3) is 0.533. The van der Waals surface area contributed by atoms with E-state index >= 15 is 0 Å².